The number of nitrogen functional groups attached to an aromatic ring is 1. The van der Waals surface area contributed by atoms with Crippen LogP contribution in [0.25, 0.3) is 11.5 Å². The van der Waals surface area contributed by atoms with Crippen LogP contribution in [0, 0.1) is 0 Å². The molecule has 3 N–H and O–H groups in total. The fourth-order valence-electron chi connectivity index (χ4n) is 2.11. The molecule has 0 saturated carbocycles. The molecular weight excluding hydrogens is 344 g/mol. The van der Waals surface area contributed by atoms with Crippen molar-refractivity contribution in [3.63, 3.8) is 0 Å². The summed E-state index contributed by atoms with van der Waals surface area (Å²) < 4.78 is 5.18. The summed E-state index contributed by atoms with van der Waals surface area (Å²) in [4.78, 5) is 25.8. The molecule has 3 aromatic rings. The molecule has 8 nitrogen and oxygen atoms in total. The zero-order valence-corrected chi connectivity index (χ0v) is 14.3. The summed E-state index contributed by atoms with van der Waals surface area (Å²) in [6.45, 7) is 0. The van der Waals surface area contributed by atoms with E-state index in [9.17, 15) is 4.79 Å². The normalized spacial score (nSPS) is 10.5. The third kappa shape index (κ3) is 3.53. The molecule has 0 unspecified atom stereocenters. The lowest BCUT2D eigenvalue weighted by Crippen LogP contribution is -2.21. The number of nitrogens with zero attached hydrogens (tertiary/aromatic N) is 4. The number of amides is 1. The highest BCUT2D eigenvalue weighted by molar-refractivity contribution is 6.34. The molecule has 0 spiro atoms. The standard InChI is InChI=1S/C16H15ClN6O2/c1-23(2)15(24)10-4-3-9(7-12(10)17)21-16-20-8-11(13(18)22-16)14-19-5-6-25-14/h3-8H,1-2H3,(H3,18,20,21,22). The van der Waals surface area contributed by atoms with E-state index in [4.69, 9.17) is 21.8 Å². The lowest BCUT2D eigenvalue weighted by atomic mass is 10.2. The zero-order chi connectivity index (χ0) is 18.0. The number of benzene rings is 1. The summed E-state index contributed by atoms with van der Waals surface area (Å²) in [5, 5.41) is 3.32. The van der Waals surface area contributed by atoms with Gasteiger partial charge in [-0.05, 0) is 18.2 Å². The molecule has 0 radical (unpaired) electrons. The van der Waals surface area contributed by atoms with E-state index in [-0.39, 0.29) is 17.7 Å². The summed E-state index contributed by atoms with van der Waals surface area (Å²) in [5.74, 6) is 0.687. The van der Waals surface area contributed by atoms with Gasteiger partial charge in [0.1, 0.15) is 12.1 Å². The highest BCUT2D eigenvalue weighted by atomic mass is 35.5. The first kappa shape index (κ1) is 16.7. The topological polar surface area (TPSA) is 110 Å². The molecule has 128 valence electrons. The van der Waals surface area contributed by atoms with Crippen molar-refractivity contribution in [3.8, 4) is 11.5 Å². The maximum Gasteiger partial charge on any atom is 0.254 e. The summed E-state index contributed by atoms with van der Waals surface area (Å²) in [6, 6.07) is 4.97. The van der Waals surface area contributed by atoms with Gasteiger partial charge in [-0.15, -0.1) is 0 Å². The van der Waals surface area contributed by atoms with Crippen LogP contribution in [-0.2, 0) is 0 Å². The van der Waals surface area contributed by atoms with E-state index in [0.717, 1.165) is 0 Å². The summed E-state index contributed by atoms with van der Waals surface area (Å²) in [6.07, 6.45) is 4.47. The van der Waals surface area contributed by atoms with Crippen LogP contribution in [0.15, 0.2) is 41.3 Å². The van der Waals surface area contributed by atoms with Gasteiger partial charge in [-0.3, -0.25) is 4.79 Å². The van der Waals surface area contributed by atoms with E-state index < -0.39 is 0 Å². The highest BCUT2D eigenvalue weighted by Gasteiger charge is 2.14. The van der Waals surface area contributed by atoms with Crippen molar-refractivity contribution in [1.29, 1.82) is 0 Å². The highest BCUT2D eigenvalue weighted by Crippen LogP contribution is 2.26. The number of anilines is 3. The smallest absolute Gasteiger partial charge is 0.254 e. The van der Waals surface area contributed by atoms with E-state index >= 15 is 0 Å². The molecule has 0 bridgehead atoms. The first-order chi connectivity index (χ1) is 12.0. The average molecular weight is 359 g/mol. The van der Waals surface area contributed by atoms with Crippen molar-refractivity contribution in [1.82, 2.24) is 19.9 Å². The Bertz CT molecular complexity index is 911. The van der Waals surface area contributed by atoms with Gasteiger partial charge in [0, 0.05) is 26.0 Å². The fourth-order valence-corrected chi connectivity index (χ4v) is 2.37. The quantitative estimate of drug-likeness (QED) is 0.737. The second kappa shape index (κ2) is 6.78. The largest absolute Gasteiger partial charge is 0.444 e. The van der Waals surface area contributed by atoms with Crippen molar-refractivity contribution in [2.24, 2.45) is 0 Å². The Balaban J connectivity index is 1.82. The number of hydrogen-bond donors (Lipinski definition) is 2. The maximum atomic E-state index is 12.0. The van der Waals surface area contributed by atoms with Gasteiger partial charge in [0.25, 0.3) is 5.91 Å². The van der Waals surface area contributed by atoms with Gasteiger partial charge in [-0.1, -0.05) is 11.6 Å². The van der Waals surface area contributed by atoms with Crippen LogP contribution >= 0.6 is 11.6 Å². The number of carbonyl (C=O) groups excluding carboxylic acids is 1. The predicted octanol–water partition coefficient (Wildman–Crippen LogP) is 2.81. The Hall–Kier alpha value is -3.13. The molecular formula is C16H15ClN6O2. The van der Waals surface area contributed by atoms with Crippen LogP contribution in [0.3, 0.4) is 0 Å². The SMILES string of the molecule is CN(C)C(=O)c1ccc(Nc2ncc(-c3ncco3)c(N)n2)cc1Cl. The monoisotopic (exact) mass is 358 g/mol. The van der Waals surface area contributed by atoms with Crippen molar-refractivity contribution in [3.05, 3.63) is 47.4 Å². The fraction of sp³-hybridized carbons (Fsp3) is 0.125. The minimum absolute atomic E-state index is 0.174. The van der Waals surface area contributed by atoms with Gasteiger partial charge in [-0.2, -0.15) is 4.98 Å². The maximum absolute atomic E-state index is 12.0. The second-order valence-corrected chi connectivity index (χ2v) is 5.76. The minimum Gasteiger partial charge on any atom is -0.444 e. The Labute approximate surface area is 148 Å². The van der Waals surface area contributed by atoms with E-state index in [2.05, 4.69) is 20.3 Å². The molecule has 1 aromatic carbocycles. The first-order valence-corrected chi connectivity index (χ1v) is 7.64. The molecule has 0 aliphatic heterocycles. The third-order valence-electron chi connectivity index (χ3n) is 3.34. The first-order valence-electron chi connectivity index (χ1n) is 7.26. The number of nitrogens with one attached hydrogen (secondary N) is 1. The number of halogens is 1. The number of aromatic nitrogens is 3. The van der Waals surface area contributed by atoms with E-state index in [1.54, 1.807) is 32.3 Å². The van der Waals surface area contributed by atoms with Gasteiger partial charge in [-0.25, -0.2) is 9.97 Å². The van der Waals surface area contributed by atoms with Crippen molar-refractivity contribution >= 4 is 35.0 Å². The van der Waals surface area contributed by atoms with Gasteiger partial charge in [0.15, 0.2) is 0 Å². The van der Waals surface area contributed by atoms with Crippen LogP contribution in [0.5, 0.6) is 0 Å². The van der Waals surface area contributed by atoms with Crippen molar-refractivity contribution < 1.29 is 9.21 Å². The molecule has 0 aliphatic carbocycles. The predicted molar refractivity (Wildman–Crippen MR) is 94.7 cm³/mol. The van der Waals surface area contributed by atoms with Crippen LogP contribution < -0.4 is 11.1 Å². The lowest BCUT2D eigenvalue weighted by molar-refractivity contribution is 0.0828. The molecule has 3 rings (SSSR count). The third-order valence-corrected chi connectivity index (χ3v) is 3.66. The Morgan fingerprint density at radius 3 is 2.72 bits per heavy atom. The van der Waals surface area contributed by atoms with Gasteiger partial charge in [0.2, 0.25) is 11.8 Å². The van der Waals surface area contributed by atoms with Crippen LogP contribution in [0.4, 0.5) is 17.5 Å². The molecule has 2 heterocycles. The average Bonchev–Trinajstić information content (AvgIpc) is 3.08. The van der Waals surface area contributed by atoms with Gasteiger partial charge < -0.3 is 20.4 Å². The van der Waals surface area contributed by atoms with Crippen molar-refractivity contribution in [2.45, 2.75) is 0 Å². The van der Waals surface area contributed by atoms with Crippen LogP contribution in [-0.4, -0.2) is 39.9 Å². The molecule has 0 fully saturated rings. The van der Waals surface area contributed by atoms with Crippen LogP contribution in [0.1, 0.15) is 10.4 Å². The molecule has 0 saturated heterocycles. The number of oxazole rings is 1. The molecule has 0 aliphatic rings. The van der Waals surface area contributed by atoms with Crippen molar-refractivity contribution in [2.75, 3.05) is 25.1 Å². The number of nitrogens with two attached hydrogens (primary N) is 1. The summed E-state index contributed by atoms with van der Waals surface area (Å²) >= 11 is 6.18. The lowest BCUT2D eigenvalue weighted by Gasteiger charge is -2.13. The van der Waals surface area contributed by atoms with E-state index in [0.29, 0.717) is 27.7 Å². The molecule has 1 amide bonds. The van der Waals surface area contributed by atoms with E-state index in [1.807, 2.05) is 0 Å². The van der Waals surface area contributed by atoms with Gasteiger partial charge >= 0.3 is 0 Å². The second-order valence-electron chi connectivity index (χ2n) is 5.35. The Kier molecular flexibility index (Phi) is 4.53. The molecule has 9 heteroatoms. The Morgan fingerprint density at radius 2 is 2.12 bits per heavy atom. The number of hydrogen-bond acceptors (Lipinski definition) is 7. The minimum atomic E-state index is -0.174. The Morgan fingerprint density at radius 1 is 1.32 bits per heavy atom. The van der Waals surface area contributed by atoms with Crippen LogP contribution in [0.2, 0.25) is 5.02 Å². The summed E-state index contributed by atoms with van der Waals surface area (Å²) in [5.41, 5.74) is 7.47. The van der Waals surface area contributed by atoms with E-state index in [1.165, 1.54) is 23.6 Å². The zero-order valence-electron chi connectivity index (χ0n) is 13.5. The van der Waals surface area contributed by atoms with Gasteiger partial charge in [0.05, 0.1) is 22.3 Å². The molecule has 25 heavy (non-hydrogen) atoms. The molecule has 0 atom stereocenters. The molecule has 2 aromatic heterocycles. The summed E-state index contributed by atoms with van der Waals surface area (Å²) in [7, 11) is 3.33. The number of carbonyl (C=O) groups is 1. The number of rotatable bonds is 4.